The molecule has 0 bridgehead atoms. The first-order valence-corrected chi connectivity index (χ1v) is 6.34. The van der Waals surface area contributed by atoms with E-state index in [2.05, 4.69) is 10.6 Å². The van der Waals surface area contributed by atoms with Crippen molar-refractivity contribution in [1.82, 2.24) is 9.88 Å². The van der Waals surface area contributed by atoms with Gasteiger partial charge in [0.15, 0.2) is 0 Å². The fourth-order valence-corrected chi connectivity index (χ4v) is 1.59. The molecule has 1 aromatic rings. The van der Waals surface area contributed by atoms with Gasteiger partial charge in [-0.05, 0) is 18.9 Å². The lowest BCUT2D eigenvalue weighted by atomic mass is 9.98. The summed E-state index contributed by atoms with van der Waals surface area (Å²) in [5, 5.41) is 15.3. The van der Waals surface area contributed by atoms with Crippen LogP contribution >= 0.6 is 0 Å². The largest absolute Gasteiger partial charge is 0.388 e. The van der Waals surface area contributed by atoms with Crippen LogP contribution in [0.15, 0.2) is 23.1 Å². The van der Waals surface area contributed by atoms with Crippen molar-refractivity contribution < 1.29 is 9.90 Å². The Kier molecular flexibility index (Phi) is 5.11. The zero-order chi connectivity index (χ0) is 14.5. The number of pyridine rings is 1. The van der Waals surface area contributed by atoms with E-state index in [1.54, 1.807) is 7.05 Å². The van der Waals surface area contributed by atoms with Crippen molar-refractivity contribution in [3.8, 4) is 0 Å². The number of hydrogen-bond acceptors (Lipinski definition) is 3. The van der Waals surface area contributed by atoms with Crippen LogP contribution in [0.4, 0.5) is 10.5 Å². The van der Waals surface area contributed by atoms with Crippen LogP contribution in [0.1, 0.15) is 26.7 Å². The fraction of sp³-hybridized carbons (Fsp3) is 0.538. The van der Waals surface area contributed by atoms with Gasteiger partial charge in [-0.3, -0.25) is 4.79 Å². The Morgan fingerprint density at radius 2 is 2.00 bits per heavy atom. The Labute approximate surface area is 112 Å². The van der Waals surface area contributed by atoms with E-state index in [4.69, 9.17) is 0 Å². The molecule has 0 atom stereocenters. The van der Waals surface area contributed by atoms with E-state index in [0.717, 1.165) is 0 Å². The molecule has 1 heterocycles. The minimum atomic E-state index is -0.874. The Balaban J connectivity index is 2.56. The third-order valence-electron chi connectivity index (χ3n) is 3.24. The minimum absolute atomic E-state index is 0.141. The van der Waals surface area contributed by atoms with E-state index in [0.29, 0.717) is 18.5 Å². The fourth-order valence-electron chi connectivity index (χ4n) is 1.59. The molecule has 0 spiro atoms. The van der Waals surface area contributed by atoms with Crippen molar-refractivity contribution in [2.45, 2.75) is 32.3 Å². The van der Waals surface area contributed by atoms with Gasteiger partial charge in [0.2, 0.25) is 5.56 Å². The topological polar surface area (TPSA) is 83.4 Å². The minimum Gasteiger partial charge on any atom is -0.388 e. The van der Waals surface area contributed by atoms with Gasteiger partial charge in [-0.15, -0.1) is 0 Å². The zero-order valence-corrected chi connectivity index (χ0v) is 11.6. The summed E-state index contributed by atoms with van der Waals surface area (Å²) in [5.74, 6) is 0. The molecular weight excluding hydrogens is 246 g/mol. The third-order valence-corrected chi connectivity index (χ3v) is 3.24. The third kappa shape index (κ3) is 4.40. The normalized spacial score (nSPS) is 11.2. The summed E-state index contributed by atoms with van der Waals surface area (Å²) in [6, 6.07) is 2.51. The summed E-state index contributed by atoms with van der Waals surface area (Å²) in [5.41, 5.74) is -0.491. The van der Waals surface area contributed by atoms with Crippen molar-refractivity contribution in [3.63, 3.8) is 0 Å². The van der Waals surface area contributed by atoms with Crippen molar-refractivity contribution >= 4 is 11.7 Å². The molecule has 0 unspecified atom stereocenters. The monoisotopic (exact) mass is 267 g/mol. The van der Waals surface area contributed by atoms with Crippen molar-refractivity contribution in [2.24, 2.45) is 7.05 Å². The predicted octanol–water partition coefficient (Wildman–Crippen LogP) is 1.06. The number of aliphatic hydroxyl groups is 1. The Hall–Kier alpha value is -1.82. The standard InChI is InChI=1S/C13H21N3O3/c1-4-13(19,5-2)9-14-12(18)15-10-6-7-11(17)16(3)8-10/h6-8,19H,4-5,9H2,1-3H3,(H2,14,15,18). The van der Waals surface area contributed by atoms with Gasteiger partial charge in [0.25, 0.3) is 0 Å². The van der Waals surface area contributed by atoms with Gasteiger partial charge in [0.05, 0.1) is 11.3 Å². The molecule has 19 heavy (non-hydrogen) atoms. The molecule has 0 aliphatic rings. The van der Waals surface area contributed by atoms with Crippen LogP contribution in [-0.4, -0.2) is 27.9 Å². The number of hydrogen-bond donors (Lipinski definition) is 3. The molecule has 0 aliphatic carbocycles. The molecule has 0 saturated heterocycles. The molecule has 106 valence electrons. The van der Waals surface area contributed by atoms with E-state index in [9.17, 15) is 14.7 Å². The van der Waals surface area contributed by atoms with Crippen LogP contribution < -0.4 is 16.2 Å². The molecule has 6 heteroatoms. The number of nitrogens with one attached hydrogen (secondary N) is 2. The second-order valence-corrected chi connectivity index (χ2v) is 4.61. The molecule has 1 rings (SSSR count). The van der Waals surface area contributed by atoms with Crippen LogP contribution in [0.5, 0.6) is 0 Å². The summed E-state index contributed by atoms with van der Waals surface area (Å²) in [7, 11) is 1.61. The maximum absolute atomic E-state index is 11.7. The number of urea groups is 1. The van der Waals surface area contributed by atoms with Crippen molar-refractivity contribution in [2.75, 3.05) is 11.9 Å². The van der Waals surface area contributed by atoms with Gasteiger partial charge < -0.3 is 20.3 Å². The quantitative estimate of drug-likeness (QED) is 0.746. The molecule has 0 fully saturated rings. The molecule has 1 aromatic heterocycles. The number of carbonyl (C=O) groups excluding carboxylic acids is 1. The van der Waals surface area contributed by atoms with E-state index >= 15 is 0 Å². The molecule has 0 aromatic carbocycles. The second kappa shape index (κ2) is 6.38. The summed E-state index contributed by atoms with van der Waals surface area (Å²) >= 11 is 0. The van der Waals surface area contributed by atoms with E-state index in [-0.39, 0.29) is 12.1 Å². The first kappa shape index (κ1) is 15.2. The van der Waals surface area contributed by atoms with Crippen LogP contribution in [0.3, 0.4) is 0 Å². The van der Waals surface area contributed by atoms with Crippen LogP contribution in [0.2, 0.25) is 0 Å². The summed E-state index contributed by atoms with van der Waals surface area (Å²) in [6.07, 6.45) is 2.68. The number of anilines is 1. The average Bonchev–Trinajstić information content (AvgIpc) is 2.40. The Bertz CT molecular complexity index is 492. The first-order valence-electron chi connectivity index (χ1n) is 6.34. The summed E-state index contributed by atoms with van der Waals surface area (Å²) < 4.78 is 1.38. The van der Waals surface area contributed by atoms with Gasteiger partial charge >= 0.3 is 6.03 Å². The molecule has 0 aliphatic heterocycles. The van der Waals surface area contributed by atoms with Crippen LogP contribution in [0, 0.1) is 0 Å². The maximum Gasteiger partial charge on any atom is 0.319 e. The number of aryl methyl sites for hydroxylation is 1. The summed E-state index contributed by atoms with van der Waals surface area (Å²) in [6.45, 7) is 3.93. The van der Waals surface area contributed by atoms with E-state index in [1.165, 1.54) is 22.9 Å². The number of aromatic nitrogens is 1. The number of amides is 2. The highest BCUT2D eigenvalue weighted by Crippen LogP contribution is 2.12. The highest BCUT2D eigenvalue weighted by Gasteiger charge is 2.22. The molecule has 0 radical (unpaired) electrons. The molecule has 2 amide bonds. The highest BCUT2D eigenvalue weighted by atomic mass is 16.3. The lowest BCUT2D eigenvalue weighted by molar-refractivity contribution is 0.0354. The number of rotatable bonds is 5. The first-order chi connectivity index (χ1) is 8.90. The molecule has 6 nitrogen and oxygen atoms in total. The Morgan fingerprint density at radius 3 is 2.53 bits per heavy atom. The zero-order valence-electron chi connectivity index (χ0n) is 11.6. The lowest BCUT2D eigenvalue weighted by Gasteiger charge is -2.25. The SMILES string of the molecule is CCC(O)(CC)CNC(=O)Nc1ccc(=O)n(C)c1. The van der Waals surface area contributed by atoms with Gasteiger partial charge in [0.1, 0.15) is 0 Å². The number of carbonyl (C=O) groups is 1. The van der Waals surface area contributed by atoms with Gasteiger partial charge in [-0.2, -0.15) is 0 Å². The smallest absolute Gasteiger partial charge is 0.319 e. The molecule has 3 N–H and O–H groups in total. The van der Waals surface area contributed by atoms with Gasteiger partial charge in [0, 0.05) is 25.9 Å². The predicted molar refractivity (Wildman–Crippen MR) is 74.2 cm³/mol. The molecule has 0 saturated carbocycles. The maximum atomic E-state index is 11.7. The molecular formula is C13H21N3O3. The van der Waals surface area contributed by atoms with Gasteiger partial charge in [-0.1, -0.05) is 13.8 Å². The lowest BCUT2D eigenvalue weighted by Crippen LogP contribution is -2.43. The van der Waals surface area contributed by atoms with E-state index in [1.807, 2.05) is 13.8 Å². The van der Waals surface area contributed by atoms with Crippen molar-refractivity contribution in [1.29, 1.82) is 0 Å². The van der Waals surface area contributed by atoms with Gasteiger partial charge in [-0.25, -0.2) is 4.79 Å². The second-order valence-electron chi connectivity index (χ2n) is 4.61. The summed E-state index contributed by atoms with van der Waals surface area (Å²) in [4.78, 5) is 22.9. The van der Waals surface area contributed by atoms with Crippen LogP contribution in [-0.2, 0) is 7.05 Å². The highest BCUT2D eigenvalue weighted by molar-refractivity contribution is 5.89. The van der Waals surface area contributed by atoms with E-state index < -0.39 is 11.6 Å². The van der Waals surface area contributed by atoms with Crippen LogP contribution in [0.25, 0.3) is 0 Å². The average molecular weight is 267 g/mol. The number of nitrogens with zero attached hydrogens (tertiary/aromatic N) is 1. The van der Waals surface area contributed by atoms with Crippen molar-refractivity contribution in [3.05, 3.63) is 28.7 Å². The Morgan fingerprint density at radius 1 is 1.37 bits per heavy atom.